The summed E-state index contributed by atoms with van der Waals surface area (Å²) >= 11 is 0. The molecular formula is C15H23N5. The van der Waals surface area contributed by atoms with E-state index >= 15 is 0 Å². The zero-order chi connectivity index (χ0) is 13.8. The average molecular weight is 273 g/mol. The summed E-state index contributed by atoms with van der Waals surface area (Å²) in [5, 5.41) is 7.51. The van der Waals surface area contributed by atoms with E-state index in [1.54, 1.807) is 6.20 Å². The molecule has 1 saturated carbocycles. The standard InChI is InChI=1S/C15H23N5/c1-20(11-14-16-7-8-17-14)10-13-9-18-19-15(13)12-5-3-2-4-6-12/h7-9,12H,2-6,10-11H2,1H3,(H,16,17)(H,18,19). The molecule has 1 aliphatic carbocycles. The van der Waals surface area contributed by atoms with Crippen molar-refractivity contribution in [3.05, 3.63) is 35.7 Å². The molecule has 0 atom stereocenters. The predicted octanol–water partition coefficient (Wildman–Crippen LogP) is 2.81. The lowest BCUT2D eigenvalue weighted by Crippen LogP contribution is -2.19. The van der Waals surface area contributed by atoms with Gasteiger partial charge in [-0.25, -0.2) is 4.98 Å². The zero-order valence-electron chi connectivity index (χ0n) is 12.1. The summed E-state index contributed by atoms with van der Waals surface area (Å²) in [6, 6.07) is 0. The Morgan fingerprint density at radius 1 is 1.25 bits per heavy atom. The third-order valence-electron chi connectivity index (χ3n) is 4.18. The Bertz CT molecular complexity index is 510. The molecule has 108 valence electrons. The van der Waals surface area contributed by atoms with Gasteiger partial charge in [-0.05, 0) is 19.9 Å². The van der Waals surface area contributed by atoms with Crippen LogP contribution >= 0.6 is 0 Å². The monoisotopic (exact) mass is 273 g/mol. The fourth-order valence-electron chi connectivity index (χ4n) is 3.18. The second kappa shape index (κ2) is 6.22. The number of nitrogens with zero attached hydrogens (tertiary/aromatic N) is 3. The minimum Gasteiger partial charge on any atom is -0.348 e. The Morgan fingerprint density at radius 3 is 2.85 bits per heavy atom. The van der Waals surface area contributed by atoms with Crippen molar-refractivity contribution in [3.63, 3.8) is 0 Å². The molecule has 0 radical (unpaired) electrons. The van der Waals surface area contributed by atoms with E-state index in [-0.39, 0.29) is 0 Å². The first kappa shape index (κ1) is 13.4. The largest absolute Gasteiger partial charge is 0.348 e. The molecule has 3 rings (SSSR count). The highest BCUT2D eigenvalue weighted by Crippen LogP contribution is 2.33. The van der Waals surface area contributed by atoms with Crippen LogP contribution in [0.1, 0.15) is 55.1 Å². The van der Waals surface area contributed by atoms with Crippen molar-refractivity contribution in [2.75, 3.05) is 7.05 Å². The van der Waals surface area contributed by atoms with Gasteiger partial charge in [-0.15, -0.1) is 0 Å². The number of hydrogen-bond donors (Lipinski definition) is 2. The van der Waals surface area contributed by atoms with Gasteiger partial charge < -0.3 is 4.98 Å². The molecule has 0 aromatic carbocycles. The summed E-state index contributed by atoms with van der Waals surface area (Å²) in [5.41, 5.74) is 2.70. The fraction of sp³-hybridized carbons (Fsp3) is 0.600. The lowest BCUT2D eigenvalue weighted by atomic mass is 9.85. The third kappa shape index (κ3) is 3.10. The number of rotatable bonds is 5. The summed E-state index contributed by atoms with van der Waals surface area (Å²) in [6.07, 6.45) is 12.4. The van der Waals surface area contributed by atoms with Gasteiger partial charge in [0.15, 0.2) is 0 Å². The number of hydrogen-bond acceptors (Lipinski definition) is 3. The number of aromatic amines is 2. The molecule has 0 amide bonds. The van der Waals surface area contributed by atoms with Crippen molar-refractivity contribution in [3.8, 4) is 0 Å². The van der Waals surface area contributed by atoms with Crippen molar-refractivity contribution < 1.29 is 0 Å². The Morgan fingerprint density at radius 2 is 2.10 bits per heavy atom. The van der Waals surface area contributed by atoms with E-state index in [1.807, 2.05) is 12.4 Å². The summed E-state index contributed by atoms with van der Waals surface area (Å²) in [4.78, 5) is 9.70. The maximum atomic E-state index is 4.28. The highest BCUT2D eigenvalue weighted by Gasteiger charge is 2.20. The molecule has 0 bridgehead atoms. The molecule has 0 spiro atoms. The van der Waals surface area contributed by atoms with Crippen LogP contribution in [0.5, 0.6) is 0 Å². The molecule has 1 aliphatic rings. The molecule has 20 heavy (non-hydrogen) atoms. The lowest BCUT2D eigenvalue weighted by Gasteiger charge is -2.23. The van der Waals surface area contributed by atoms with E-state index < -0.39 is 0 Å². The average Bonchev–Trinajstić information content (AvgIpc) is 3.11. The lowest BCUT2D eigenvalue weighted by molar-refractivity contribution is 0.308. The normalized spacial score (nSPS) is 16.9. The molecule has 0 saturated heterocycles. The Labute approximate surface area is 119 Å². The van der Waals surface area contributed by atoms with E-state index in [2.05, 4.69) is 32.1 Å². The van der Waals surface area contributed by atoms with Gasteiger partial charge in [0.2, 0.25) is 0 Å². The zero-order valence-corrected chi connectivity index (χ0v) is 12.1. The molecule has 2 heterocycles. The van der Waals surface area contributed by atoms with Gasteiger partial charge in [0.05, 0.1) is 12.7 Å². The summed E-state index contributed by atoms with van der Waals surface area (Å²) in [6.45, 7) is 1.76. The van der Waals surface area contributed by atoms with Crippen LogP contribution in [0, 0.1) is 0 Å². The van der Waals surface area contributed by atoms with Crippen LogP contribution in [0.3, 0.4) is 0 Å². The van der Waals surface area contributed by atoms with Crippen molar-refractivity contribution in [1.29, 1.82) is 0 Å². The fourth-order valence-corrected chi connectivity index (χ4v) is 3.18. The quantitative estimate of drug-likeness (QED) is 0.880. The van der Waals surface area contributed by atoms with Crippen LogP contribution in [0.25, 0.3) is 0 Å². The molecule has 5 nitrogen and oxygen atoms in total. The van der Waals surface area contributed by atoms with E-state index in [4.69, 9.17) is 0 Å². The Kier molecular flexibility index (Phi) is 4.16. The SMILES string of the molecule is CN(Cc1ncc[nH]1)Cc1cn[nH]c1C1CCCCC1. The molecule has 2 aromatic rings. The second-order valence-corrected chi connectivity index (χ2v) is 5.85. The first-order chi connectivity index (χ1) is 9.83. The molecule has 1 fully saturated rings. The van der Waals surface area contributed by atoms with Crippen LogP contribution in [-0.2, 0) is 13.1 Å². The van der Waals surface area contributed by atoms with E-state index in [0.717, 1.165) is 18.9 Å². The van der Waals surface area contributed by atoms with Crippen LogP contribution < -0.4 is 0 Å². The topological polar surface area (TPSA) is 60.6 Å². The second-order valence-electron chi connectivity index (χ2n) is 5.85. The van der Waals surface area contributed by atoms with Gasteiger partial charge in [-0.2, -0.15) is 5.10 Å². The number of nitrogens with one attached hydrogen (secondary N) is 2. The van der Waals surface area contributed by atoms with Gasteiger partial charge >= 0.3 is 0 Å². The van der Waals surface area contributed by atoms with E-state index in [9.17, 15) is 0 Å². The number of aromatic nitrogens is 4. The van der Waals surface area contributed by atoms with Crippen LogP contribution in [-0.4, -0.2) is 32.1 Å². The first-order valence-electron chi connectivity index (χ1n) is 7.52. The molecular weight excluding hydrogens is 250 g/mol. The van der Waals surface area contributed by atoms with Crippen molar-refractivity contribution in [1.82, 2.24) is 25.1 Å². The summed E-state index contributed by atoms with van der Waals surface area (Å²) in [7, 11) is 2.13. The highest BCUT2D eigenvalue weighted by molar-refractivity contribution is 5.21. The maximum absolute atomic E-state index is 4.28. The molecule has 5 heteroatoms. The minimum absolute atomic E-state index is 0.679. The minimum atomic E-state index is 0.679. The summed E-state index contributed by atoms with van der Waals surface area (Å²) < 4.78 is 0. The van der Waals surface area contributed by atoms with E-state index in [1.165, 1.54) is 43.4 Å². The van der Waals surface area contributed by atoms with E-state index in [0.29, 0.717) is 5.92 Å². The number of imidazole rings is 1. The molecule has 2 aromatic heterocycles. The molecule has 2 N–H and O–H groups in total. The van der Waals surface area contributed by atoms with Crippen molar-refractivity contribution >= 4 is 0 Å². The predicted molar refractivity (Wildman–Crippen MR) is 78.2 cm³/mol. The molecule has 0 unspecified atom stereocenters. The van der Waals surface area contributed by atoms with Crippen LogP contribution in [0.2, 0.25) is 0 Å². The van der Waals surface area contributed by atoms with Gasteiger partial charge in [-0.1, -0.05) is 19.3 Å². The van der Waals surface area contributed by atoms with Crippen molar-refractivity contribution in [2.45, 2.75) is 51.1 Å². The first-order valence-corrected chi connectivity index (χ1v) is 7.52. The Balaban J connectivity index is 1.63. The molecule has 0 aliphatic heterocycles. The van der Waals surface area contributed by atoms with Gasteiger partial charge in [0.25, 0.3) is 0 Å². The third-order valence-corrected chi connectivity index (χ3v) is 4.18. The van der Waals surface area contributed by atoms with Crippen molar-refractivity contribution in [2.24, 2.45) is 0 Å². The van der Waals surface area contributed by atoms with Crippen LogP contribution in [0.4, 0.5) is 0 Å². The van der Waals surface area contributed by atoms with Gasteiger partial charge in [-0.3, -0.25) is 10.00 Å². The van der Waals surface area contributed by atoms with Gasteiger partial charge in [0, 0.05) is 36.1 Å². The number of H-pyrrole nitrogens is 2. The highest BCUT2D eigenvalue weighted by atomic mass is 15.1. The van der Waals surface area contributed by atoms with Crippen LogP contribution in [0.15, 0.2) is 18.6 Å². The maximum Gasteiger partial charge on any atom is 0.120 e. The smallest absolute Gasteiger partial charge is 0.120 e. The summed E-state index contributed by atoms with van der Waals surface area (Å²) in [5.74, 6) is 1.69. The van der Waals surface area contributed by atoms with Gasteiger partial charge in [0.1, 0.15) is 5.82 Å². The Hall–Kier alpha value is -1.62.